The van der Waals surface area contributed by atoms with Crippen LogP contribution in [0.15, 0.2) is 12.4 Å². The third-order valence-electron chi connectivity index (χ3n) is 1.76. The molecule has 0 amide bonds. The summed E-state index contributed by atoms with van der Waals surface area (Å²) in [4.78, 5) is 4.18. The molecule has 12 heavy (non-hydrogen) atoms. The van der Waals surface area contributed by atoms with Crippen molar-refractivity contribution in [3.05, 3.63) is 18.2 Å². The molecule has 0 spiro atoms. The van der Waals surface area contributed by atoms with Crippen LogP contribution in [0.2, 0.25) is 0 Å². The standard InChI is InChI=1S/C8H16N4/c1-12-6-5-11-8(12)7-10-4-2-3-9/h5-6,10H,2-4,7,9H2,1H3. The molecule has 0 bridgehead atoms. The smallest absolute Gasteiger partial charge is 0.122 e. The van der Waals surface area contributed by atoms with E-state index >= 15 is 0 Å². The number of rotatable bonds is 5. The maximum Gasteiger partial charge on any atom is 0.122 e. The van der Waals surface area contributed by atoms with E-state index in [9.17, 15) is 0 Å². The molecule has 0 saturated heterocycles. The minimum atomic E-state index is 0.744. The van der Waals surface area contributed by atoms with Gasteiger partial charge in [0.05, 0.1) is 6.54 Å². The van der Waals surface area contributed by atoms with Crippen molar-refractivity contribution in [1.82, 2.24) is 14.9 Å². The van der Waals surface area contributed by atoms with Gasteiger partial charge >= 0.3 is 0 Å². The van der Waals surface area contributed by atoms with Gasteiger partial charge in [0.25, 0.3) is 0 Å². The number of aromatic nitrogens is 2. The summed E-state index contributed by atoms with van der Waals surface area (Å²) < 4.78 is 2.01. The summed E-state index contributed by atoms with van der Waals surface area (Å²) in [7, 11) is 1.99. The molecule has 0 aromatic carbocycles. The van der Waals surface area contributed by atoms with Crippen LogP contribution < -0.4 is 11.1 Å². The van der Waals surface area contributed by atoms with Crippen LogP contribution in [-0.4, -0.2) is 22.6 Å². The Hall–Kier alpha value is -0.870. The van der Waals surface area contributed by atoms with Crippen LogP contribution in [0.25, 0.3) is 0 Å². The largest absolute Gasteiger partial charge is 0.337 e. The molecule has 0 saturated carbocycles. The molecule has 1 aromatic heterocycles. The normalized spacial score (nSPS) is 10.5. The zero-order chi connectivity index (χ0) is 8.81. The quantitative estimate of drug-likeness (QED) is 0.602. The first-order valence-corrected chi connectivity index (χ1v) is 4.21. The van der Waals surface area contributed by atoms with Crippen LogP contribution in [0, 0.1) is 0 Å². The molecule has 3 N–H and O–H groups in total. The molecule has 0 radical (unpaired) electrons. The maximum absolute atomic E-state index is 5.36. The molecule has 68 valence electrons. The SMILES string of the molecule is Cn1ccnc1CNCCCN. The third-order valence-corrected chi connectivity index (χ3v) is 1.76. The van der Waals surface area contributed by atoms with E-state index in [1.54, 1.807) is 6.20 Å². The van der Waals surface area contributed by atoms with Crippen molar-refractivity contribution in [1.29, 1.82) is 0 Å². The molecule has 0 aliphatic rings. The number of hydrogen-bond acceptors (Lipinski definition) is 3. The van der Waals surface area contributed by atoms with Gasteiger partial charge in [-0.15, -0.1) is 0 Å². The van der Waals surface area contributed by atoms with Gasteiger partial charge in [-0.05, 0) is 19.5 Å². The molecule has 1 heterocycles. The Kier molecular flexibility index (Phi) is 3.76. The van der Waals surface area contributed by atoms with E-state index in [-0.39, 0.29) is 0 Å². The lowest BCUT2D eigenvalue weighted by Gasteiger charge is -2.03. The molecular formula is C8H16N4. The fraction of sp³-hybridized carbons (Fsp3) is 0.625. The molecule has 0 atom stereocenters. The van der Waals surface area contributed by atoms with Gasteiger partial charge in [-0.2, -0.15) is 0 Å². The Bertz CT molecular complexity index is 219. The molecule has 1 aromatic rings. The summed E-state index contributed by atoms with van der Waals surface area (Å²) in [5.41, 5.74) is 5.36. The highest BCUT2D eigenvalue weighted by Crippen LogP contribution is 1.92. The number of aryl methyl sites for hydroxylation is 1. The molecule has 0 aliphatic carbocycles. The molecule has 4 heteroatoms. The van der Waals surface area contributed by atoms with E-state index in [1.165, 1.54) is 0 Å². The topological polar surface area (TPSA) is 55.9 Å². The summed E-state index contributed by atoms with van der Waals surface area (Å²) >= 11 is 0. The van der Waals surface area contributed by atoms with Gasteiger partial charge < -0.3 is 15.6 Å². The second-order valence-corrected chi connectivity index (χ2v) is 2.77. The zero-order valence-electron chi connectivity index (χ0n) is 7.45. The van der Waals surface area contributed by atoms with E-state index in [2.05, 4.69) is 10.3 Å². The van der Waals surface area contributed by atoms with Crippen molar-refractivity contribution < 1.29 is 0 Å². The zero-order valence-corrected chi connectivity index (χ0v) is 7.45. The van der Waals surface area contributed by atoms with Crippen molar-refractivity contribution in [2.24, 2.45) is 12.8 Å². The Morgan fingerprint density at radius 3 is 3.08 bits per heavy atom. The molecular weight excluding hydrogens is 152 g/mol. The molecule has 0 fully saturated rings. The van der Waals surface area contributed by atoms with Crippen molar-refractivity contribution in [3.63, 3.8) is 0 Å². The van der Waals surface area contributed by atoms with Crippen molar-refractivity contribution in [2.45, 2.75) is 13.0 Å². The minimum absolute atomic E-state index is 0.744. The fourth-order valence-electron chi connectivity index (χ4n) is 0.994. The summed E-state index contributed by atoms with van der Waals surface area (Å²) in [5.74, 6) is 1.06. The average Bonchev–Trinajstić information content (AvgIpc) is 2.46. The first-order chi connectivity index (χ1) is 5.84. The molecule has 0 aliphatic heterocycles. The molecule has 0 unspecified atom stereocenters. The molecule has 1 rings (SSSR count). The lowest BCUT2D eigenvalue weighted by Crippen LogP contribution is -2.19. The number of imidazole rings is 1. The van der Waals surface area contributed by atoms with Crippen LogP contribution in [-0.2, 0) is 13.6 Å². The highest BCUT2D eigenvalue weighted by atomic mass is 15.1. The van der Waals surface area contributed by atoms with E-state index in [1.807, 2.05) is 17.8 Å². The Morgan fingerprint density at radius 1 is 1.67 bits per heavy atom. The second-order valence-electron chi connectivity index (χ2n) is 2.77. The van der Waals surface area contributed by atoms with Crippen molar-refractivity contribution >= 4 is 0 Å². The summed E-state index contributed by atoms with van der Waals surface area (Å²) in [6, 6.07) is 0. The number of nitrogens with zero attached hydrogens (tertiary/aromatic N) is 2. The number of hydrogen-bond donors (Lipinski definition) is 2. The van der Waals surface area contributed by atoms with E-state index in [0.29, 0.717) is 0 Å². The highest BCUT2D eigenvalue weighted by molar-refractivity contribution is 4.90. The van der Waals surface area contributed by atoms with Gasteiger partial charge in [-0.3, -0.25) is 0 Å². The van der Waals surface area contributed by atoms with Gasteiger partial charge in [-0.1, -0.05) is 0 Å². The first kappa shape index (κ1) is 9.22. The van der Waals surface area contributed by atoms with E-state index in [0.717, 1.165) is 31.9 Å². The Balaban J connectivity index is 2.20. The fourth-order valence-corrected chi connectivity index (χ4v) is 0.994. The third kappa shape index (κ3) is 2.64. The lowest BCUT2D eigenvalue weighted by molar-refractivity contribution is 0.618. The van der Waals surface area contributed by atoms with E-state index in [4.69, 9.17) is 5.73 Å². The van der Waals surface area contributed by atoms with Gasteiger partial charge in [0, 0.05) is 19.4 Å². The predicted molar refractivity (Wildman–Crippen MR) is 48.6 cm³/mol. The number of nitrogens with two attached hydrogens (primary N) is 1. The Labute approximate surface area is 72.8 Å². The highest BCUT2D eigenvalue weighted by Gasteiger charge is 1.96. The maximum atomic E-state index is 5.36. The van der Waals surface area contributed by atoms with E-state index < -0.39 is 0 Å². The van der Waals surface area contributed by atoms with Crippen LogP contribution >= 0.6 is 0 Å². The van der Waals surface area contributed by atoms with Gasteiger partial charge in [0.2, 0.25) is 0 Å². The van der Waals surface area contributed by atoms with Crippen molar-refractivity contribution in [2.75, 3.05) is 13.1 Å². The monoisotopic (exact) mass is 168 g/mol. The minimum Gasteiger partial charge on any atom is -0.337 e. The van der Waals surface area contributed by atoms with Crippen molar-refractivity contribution in [3.8, 4) is 0 Å². The number of nitrogens with one attached hydrogen (secondary N) is 1. The first-order valence-electron chi connectivity index (χ1n) is 4.21. The van der Waals surface area contributed by atoms with Crippen LogP contribution in [0.4, 0.5) is 0 Å². The van der Waals surface area contributed by atoms with Gasteiger partial charge in [0.15, 0.2) is 0 Å². The van der Waals surface area contributed by atoms with Crippen LogP contribution in [0.1, 0.15) is 12.2 Å². The summed E-state index contributed by atoms with van der Waals surface area (Å²) in [6.45, 7) is 2.53. The lowest BCUT2D eigenvalue weighted by atomic mass is 10.4. The predicted octanol–water partition coefficient (Wildman–Crippen LogP) is -0.141. The van der Waals surface area contributed by atoms with Crippen LogP contribution in [0.3, 0.4) is 0 Å². The summed E-state index contributed by atoms with van der Waals surface area (Å²) in [5, 5.41) is 3.27. The van der Waals surface area contributed by atoms with Gasteiger partial charge in [-0.25, -0.2) is 4.98 Å². The van der Waals surface area contributed by atoms with Crippen LogP contribution in [0.5, 0.6) is 0 Å². The Morgan fingerprint density at radius 2 is 2.50 bits per heavy atom. The average molecular weight is 168 g/mol. The summed E-state index contributed by atoms with van der Waals surface area (Å²) in [6.07, 6.45) is 4.77. The van der Waals surface area contributed by atoms with Gasteiger partial charge in [0.1, 0.15) is 5.82 Å². The second kappa shape index (κ2) is 4.90. The molecule has 4 nitrogen and oxygen atoms in total.